The maximum atomic E-state index is 14.4. The molecule has 0 bridgehead atoms. The Kier molecular flexibility index (Phi) is 6.09. The summed E-state index contributed by atoms with van der Waals surface area (Å²) in [4.78, 5) is 48.5. The number of pyridine rings is 1. The molecule has 3 aromatic rings. The Labute approximate surface area is 169 Å². The van der Waals surface area contributed by atoms with Crippen LogP contribution in [0.15, 0.2) is 23.1 Å². The molecule has 0 unspecified atom stereocenters. The Morgan fingerprint density at radius 1 is 1.30 bits per heavy atom. The van der Waals surface area contributed by atoms with Crippen LogP contribution in [0.1, 0.15) is 41.5 Å². The first-order chi connectivity index (χ1) is 14.3. The van der Waals surface area contributed by atoms with Crippen LogP contribution in [0, 0.1) is 5.82 Å². The van der Waals surface area contributed by atoms with Crippen molar-refractivity contribution in [3.8, 4) is 0 Å². The van der Waals surface area contributed by atoms with Gasteiger partial charge in [0.05, 0.1) is 5.39 Å². The third-order valence-corrected chi connectivity index (χ3v) is 4.55. The van der Waals surface area contributed by atoms with E-state index in [-0.39, 0.29) is 17.9 Å². The number of nitrogens with two attached hydrogens (primary N) is 1. The first kappa shape index (κ1) is 21.0. The van der Waals surface area contributed by atoms with Gasteiger partial charge in [-0.25, -0.2) is 14.2 Å². The number of aromatic nitrogens is 4. The largest absolute Gasteiger partial charge is 0.480 e. The molecule has 3 rings (SSSR count). The lowest BCUT2D eigenvalue weighted by Crippen LogP contribution is -2.41. The molecule has 0 saturated heterocycles. The van der Waals surface area contributed by atoms with Gasteiger partial charge >= 0.3 is 5.97 Å². The van der Waals surface area contributed by atoms with Crippen molar-refractivity contribution >= 4 is 28.9 Å². The predicted octanol–water partition coefficient (Wildman–Crippen LogP) is 1.14. The number of nitrogens with one attached hydrogen (secondary N) is 3. The molecule has 30 heavy (non-hydrogen) atoms. The first-order valence-corrected chi connectivity index (χ1v) is 9.34. The predicted molar refractivity (Wildman–Crippen MR) is 107 cm³/mol. The zero-order chi connectivity index (χ0) is 21.8. The van der Waals surface area contributed by atoms with Gasteiger partial charge in [0.25, 0.3) is 11.5 Å². The third-order valence-electron chi connectivity index (χ3n) is 4.55. The van der Waals surface area contributed by atoms with Gasteiger partial charge in [-0.3, -0.25) is 14.6 Å². The van der Waals surface area contributed by atoms with Crippen molar-refractivity contribution in [2.75, 3.05) is 5.73 Å². The van der Waals surface area contributed by atoms with Crippen LogP contribution in [0.25, 0.3) is 11.0 Å². The highest BCUT2D eigenvalue weighted by atomic mass is 19.1. The molecule has 0 aliphatic carbocycles. The first-order valence-electron chi connectivity index (χ1n) is 9.34. The maximum absolute atomic E-state index is 14.4. The number of anilines is 1. The number of H-pyrrole nitrogens is 2. The SMILES string of the molecule is CCC[C@H](NC(=O)c1ncc(CCc2cc3c(=O)[nH]c(N)nc3[nH]2)cc1F)C(=O)O. The zero-order valence-corrected chi connectivity index (χ0v) is 16.2. The molecule has 0 radical (unpaired) electrons. The summed E-state index contributed by atoms with van der Waals surface area (Å²) in [5.41, 5.74) is 6.31. The molecule has 0 aromatic carbocycles. The summed E-state index contributed by atoms with van der Waals surface area (Å²) in [6.07, 6.45) is 2.97. The van der Waals surface area contributed by atoms with Crippen LogP contribution in [-0.2, 0) is 17.6 Å². The Bertz CT molecular complexity index is 1160. The summed E-state index contributed by atoms with van der Waals surface area (Å²) in [5, 5.41) is 11.8. The highest BCUT2D eigenvalue weighted by Gasteiger charge is 2.22. The number of aryl methyl sites for hydroxylation is 2. The second-order valence-electron chi connectivity index (χ2n) is 6.83. The van der Waals surface area contributed by atoms with Gasteiger partial charge in [0.2, 0.25) is 5.95 Å². The van der Waals surface area contributed by atoms with Crippen molar-refractivity contribution in [1.82, 2.24) is 25.3 Å². The normalized spacial score (nSPS) is 12.1. The minimum absolute atomic E-state index is 0.00473. The fourth-order valence-corrected chi connectivity index (χ4v) is 3.06. The number of carbonyl (C=O) groups excluding carboxylic acids is 1. The quantitative estimate of drug-likeness (QED) is 0.367. The van der Waals surface area contributed by atoms with E-state index in [0.29, 0.717) is 41.6 Å². The number of carboxylic acids is 1. The van der Waals surface area contributed by atoms with E-state index in [1.54, 1.807) is 13.0 Å². The lowest BCUT2D eigenvalue weighted by Gasteiger charge is -2.13. The van der Waals surface area contributed by atoms with E-state index in [2.05, 4.69) is 25.3 Å². The number of hydrogen-bond donors (Lipinski definition) is 5. The summed E-state index contributed by atoms with van der Waals surface area (Å²) in [6.45, 7) is 1.78. The van der Waals surface area contributed by atoms with Gasteiger partial charge in [0, 0.05) is 11.9 Å². The number of carbonyl (C=O) groups is 2. The number of carboxylic acid groups (broad SMARTS) is 1. The van der Waals surface area contributed by atoms with E-state index in [1.165, 1.54) is 12.3 Å². The van der Waals surface area contributed by atoms with E-state index in [0.717, 1.165) is 0 Å². The smallest absolute Gasteiger partial charge is 0.326 e. The second kappa shape index (κ2) is 8.72. The monoisotopic (exact) mass is 416 g/mol. The van der Waals surface area contributed by atoms with Crippen molar-refractivity contribution in [2.24, 2.45) is 0 Å². The van der Waals surface area contributed by atoms with Crippen LogP contribution in [-0.4, -0.2) is 43.0 Å². The topological polar surface area (TPSA) is 167 Å². The molecular weight excluding hydrogens is 395 g/mol. The maximum Gasteiger partial charge on any atom is 0.326 e. The third kappa shape index (κ3) is 4.62. The van der Waals surface area contributed by atoms with E-state index < -0.39 is 29.4 Å². The average Bonchev–Trinajstić information content (AvgIpc) is 3.09. The summed E-state index contributed by atoms with van der Waals surface area (Å²) in [6, 6.07) is 1.73. The lowest BCUT2D eigenvalue weighted by atomic mass is 10.1. The molecule has 0 aliphatic heterocycles. The highest BCUT2D eigenvalue weighted by molar-refractivity contribution is 5.95. The van der Waals surface area contributed by atoms with Gasteiger partial charge in [-0.15, -0.1) is 0 Å². The Morgan fingerprint density at radius 3 is 2.73 bits per heavy atom. The van der Waals surface area contributed by atoms with Gasteiger partial charge in [0.1, 0.15) is 11.7 Å². The highest BCUT2D eigenvalue weighted by Crippen LogP contribution is 2.14. The fraction of sp³-hybridized carbons (Fsp3) is 0.316. The molecule has 1 amide bonds. The van der Waals surface area contributed by atoms with Crippen LogP contribution >= 0.6 is 0 Å². The molecule has 158 valence electrons. The van der Waals surface area contributed by atoms with Gasteiger partial charge in [0.15, 0.2) is 11.5 Å². The van der Waals surface area contributed by atoms with E-state index >= 15 is 0 Å². The molecule has 10 nitrogen and oxygen atoms in total. The van der Waals surface area contributed by atoms with Gasteiger partial charge in [-0.1, -0.05) is 13.3 Å². The van der Waals surface area contributed by atoms with E-state index in [1.807, 2.05) is 0 Å². The van der Waals surface area contributed by atoms with Gasteiger partial charge in [-0.2, -0.15) is 4.98 Å². The Balaban J connectivity index is 1.69. The Morgan fingerprint density at radius 2 is 2.07 bits per heavy atom. The van der Waals surface area contributed by atoms with Crippen LogP contribution < -0.4 is 16.6 Å². The van der Waals surface area contributed by atoms with E-state index in [9.17, 15) is 18.8 Å². The number of hydrogen-bond acceptors (Lipinski definition) is 6. The number of fused-ring (bicyclic) bond motifs is 1. The van der Waals surface area contributed by atoms with Crippen molar-refractivity contribution in [2.45, 2.75) is 38.6 Å². The molecular formula is C19H21FN6O4. The number of nitrogens with zero attached hydrogens (tertiary/aromatic N) is 2. The summed E-state index contributed by atoms with van der Waals surface area (Å²) in [7, 11) is 0. The number of halogens is 1. The number of nitrogen functional groups attached to an aromatic ring is 1. The average molecular weight is 416 g/mol. The van der Waals surface area contributed by atoms with Crippen molar-refractivity contribution in [3.63, 3.8) is 0 Å². The molecule has 6 N–H and O–H groups in total. The standard InChI is InChI=1S/C19H21FN6O4/c1-2-3-13(18(29)30)24-17(28)14-12(20)6-9(8-22-14)4-5-10-7-11-15(23-10)25-19(21)26-16(11)27/h6-8,13H,2-5H2,1H3,(H,24,28)(H,29,30)(H4,21,23,25,26,27)/t13-/m0/s1. The number of aliphatic carboxylic acids is 1. The second-order valence-corrected chi connectivity index (χ2v) is 6.83. The molecule has 0 aliphatic rings. The van der Waals surface area contributed by atoms with Crippen LogP contribution in [0.2, 0.25) is 0 Å². The lowest BCUT2D eigenvalue weighted by molar-refractivity contribution is -0.139. The Hall–Kier alpha value is -3.76. The van der Waals surface area contributed by atoms with Crippen LogP contribution in [0.5, 0.6) is 0 Å². The van der Waals surface area contributed by atoms with Crippen LogP contribution in [0.3, 0.4) is 0 Å². The molecule has 0 fully saturated rings. The summed E-state index contributed by atoms with van der Waals surface area (Å²) in [5.74, 6) is -2.90. The van der Waals surface area contributed by atoms with Crippen molar-refractivity contribution in [3.05, 3.63) is 51.5 Å². The van der Waals surface area contributed by atoms with Gasteiger partial charge in [-0.05, 0) is 37.0 Å². The molecule has 3 aromatic heterocycles. The van der Waals surface area contributed by atoms with Crippen molar-refractivity contribution < 1.29 is 19.1 Å². The number of amides is 1. The summed E-state index contributed by atoms with van der Waals surface area (Å²) < 4.78 is 14.4. The fourth-order valence-electron chi connectivity index (χ4n) is 3.06. The molecule has 0 spiro atoms. The minimum Gasteiger partial charge on any atom is -0.480 e. The summed E-state index contributed by atoms with van der Waals surface area (Å²) >= 11 is 0. The number of aromatic amines is 2. The molecule has 3 heterocycles. The zero-order valence-electron chi connectivity index (χ0n) is 16.2. The van der Waals surface area contributed by atoms with Gasteiger partial charge < -0.3 is 21.1 Å². The minimum atomic E-state index is -1.18. The van der Waals surface area contributed by atoms with E-state index in [4.69, 9.17) is 10.8 Å². The van der Waals surface area contributed by atoms with Crippen LogP contribution in [0.4, 0.5) is 10.3 Å². The number of rotatable bonds is 8. The van der Waals surface area contributed by atoms with Crippen molar-refractivity contribution in [1.29, 1.82) is 0 Å². The molecule has 11 heteroatoms. The molecule has 1 atom stereocenters. The molecule has 0 saturated carbocycles.